The molecule has 0 fully saturated rings. The molecule has 0 spiro atoms. The smallest absolute Gasteiger partial charge is 0.411 e. The van der Waals surface area contributed by atoms with Gasteiger partial charge in [-0.1, -0.05) is 42.5 Å². The van der Waals surface area contributed by atoms with E-state index in [1.54, 1.807) is 0 Å². The molecule has 4 rings (SSSR count). The van der Waals surface area contributed by atoms with Gasteiger partial charge >= 0.3 is 12.4 Å². The van der Waals surface area contributed by atoms with E-state index in [9.17, 15) is 46.1 Å². The first-order valence-electron chi connectivity index (χ1n) is 13.0. The lowest BCUT2D eigenvalue weighted by molar-refractivity contribution is -0.308. The van der Waals surface area contributed by atoms with Gasteiger partial charge in [-0.2, -0.15) is 26.3 Å². The van der Waals surface area contributed by atoms with E-state index in [0.717, 1.165) is 18.2 Å². The normalized spacial score (nSPS) is 24.1. The number of anilines is 2. The quantitative estimate of drug-likeness (QED) is 0.123. The Labute approximate surface area is 241 Å². The average molecular weight is 611 g/mol. The summed E-state index contributed by atoms with van der Waals surface area (Å²) in [6, 6.07) is 2.90. The molecular formula is C29H28F6N4O4. The maximum atomic E-state index is 14.6. The van der Waals surface area contributed by atoms with Gasteiger partial charge in [0, 0.05) is 11.4 Å². The molecule has 0 bridgehead atoms. The summed E-state index contributed by atoms with van der Waals surface area (Å²) in [6.45, 7) is 0. The molecule has 43 heavy (non-hydrogen) atoms. The van der Waals surface area contributed by atoms with Crippen LogP contribution in [-0.2, 0) is 9.59 Å². The molecule has 1 aromatic carbocycles. The number of nitrogens with one attached hydrogen (secondary N) is 2. The molecule has 0 aromatic heterocycles. The van der Waals surface area contributed by atoms with Crippen molar-refractivity contribution in [2.75, 3.05) is 11.1 Å². The third kappa shape index (κ3) is 6.19. The molecule has 3 aliphatic rings. The lowest BCUT2D eigenvalue weighted by Crippen LogP contribution is -2.53. The van der Waals surface area contributed by atoms with Crippen LogP contribution in [0, 0.1) is 17.3 Å². The molecule has 8 nitrogen and oxygen atoms in total. The average Bonchev–Trinajstić information content (AvgIpc) is 2.92. The summed E-state index contributed by atoms with van der Waals surface area (Å²) in [5, 5.41) is 24.8. The van der Waals surface area contributed by atoms with Crippen molar-refractivity contribution in [3.05, 3.63) is 89.7 Å². The minimum atomic E-state index is -5.85. The molecular weight excluding hydrogens is 582 g/mol. The summed E-state index contributed by atoms with van der Waals surface area (Å²) in [5.41, 5.74) is 4.99. The van der Waals surface area contributed by atoms with Gasteiger partial charge in [-0.3, -0.25) is 9.59 Å². The number of aromatic hydroxyl groups is 1. The van der Waals surface area contributed by atoms with E-state index in [2.05, 4.69) is 10.6 Å². The van der Waals surface area contributed by atoms with Crippen molar-refractivity contribution in [2.24, 2.45) is 23.0 Å². The lowest BCUT2D eigenvalue weighted by atomic mass is 9.68. The number of phenolic OH excluding ortho intramolecular Hbond substituents is 1. The number of phenols is 1. The highest BCUT2D eigenvalue weighted by atomic mass is 19.4. The minimum Gasteiger partial charge on any atom is -0.506 e. The van der Waals surface area contributed by atoms with Crippen molar-refractivity contribution in [1.82, 2.24) is 5.32 Å². The number of aliphatic hydroxyl groups is 1. The molecule has 0 aliphatic heterocycles. The van der Waals surface area contributed by atoms with E-state index in [4.69, 9.17) is 11.5 Å². The molecule has 14 heteroatoms. The number of amides is 2. The number of benzene rings is 1. The van der Waals surface area contributed by atoms with Crippen molar-refractivity contribution in [3.8, 4) is 5.75 Å². The van der Waals surface area contributed by atoms with E-state index in [0.29, 0.717) is 18.2 Å². The Morgan fingerprint density at radius 2 is 1.40 bits per heavy atom. The van der Waals surface area contributed by atoms with E-state index in [1.807, 2.05) is 0 Å². The second-order valence-corrected chi connectivity index (χ2v) is 10.3. The van der Waals surface area contributed by atoms with E-state index in [-0.39, 0.29) is 22.8 Å². The maximum Gasteiger partial charge on any atom is 0.411 e. The molecule has 8 N–H and O–H groups in total. The van der Waals surface area contributed by atoms with E-state index in [1.165, 1.54) is 36.4 Å². The predicted molar refractivity (Wildman–Crippen MR) is 146 cm³/mol. The van der Waals surface area contributed by atoms with Crippen LogP contribution >= 0.6 is 0 Å². The van der Waals surface area contributed by atoms with Crippen LogP contribution in [-0.4, -0.2) is 46.5 Å². The fourth-order valence-electron chi connectivity index (χ4n) is 5.14. The highest BCUT2D eigenvalue weighted by Crippen LogP contribution is 2.61. The van der Waals surface area contributed by atoms with Crippen molar-refractivity contribution in [1.29, 1.82) is 0 Å². The fraction of sp³-hybridized carbons (Fsp3) is 0.310. The van der Waals surface area contributed by atoms with Gasteiger partial charge in [0.15, 0.2) is 0 Å². The van der Waals surface area contributed by atoms with Crippen molar-refractivity contribution in [2.45, 2.75) is 37.3 Å². The van der Waals surface area contributed by atoms with Crippen LogP contribution in [0.5, 0.6) is 5.75 Å². The number of halogens is 6. The van der Waals surface area contributed by atoms with Gasteiger partial charge in [0.05, 0.1) is 29.7 Å². The number of rotatable bonds is 6. The van der Waals surface area contributed by atoms with Gasteiger partial charge in [-0.25, -0.2) is 0 Å². The Morgan fingerprint density at radius 3 is 1.91 bits per heavy atom. The number of alkyl halides is 6. The molecule has 0 saturated heterocycles. The number of nitrogen functional groups attached to an aromatic ring is 1. The predicted octanol–water partition coefficient (Wildman–Crippen LogP) is 4.29. The number of hydrogen-bond acceptors (Lipinski definition) is 6. The lowest BCUT2D eigenvalue weighted by Gasteiger charge is -2.41. The number of carbonyl (C=O) groups is 2. The van der Waals surface area contributed by atoms with Gasteiger partial charge < -0.3 is 32.3 Å². The van der Waals surface area contributed by atoms with Crippen LogP contribution < -0.4 is 22.1 Å². The maximum absolute atomic E-state index is 14.6. The van der Waals surface area contributed by atoms with Crippen LogP contribution in [0.3, 0.4) is 0 Å². The van der Waals surface area contributed by atoms with Gasteiger partial charge in [0.2, 0.25) is 17.2 Å². The van der Waals surface area contributed by atoms with Crippen LogP contribution in [0.25, 0.3) is 0 Å². The monoisotopic (exact) mass is 610 g/mol. The number of aliphatic hydroxyl groups excluding tert-OH is 1. The van der Waals surface area contributed by atoms with Crippen molar-refractivity contribution >= 4 is 23.2 Å². The molecule has 1 aromatic rings. The minimum absolute atomic E-state index is 0.0712. The van der Waals surface area contributed by atoms with Crippen LogP contribution in [0.4, 0.5) is 37.7 Å². The Hall–Kier alpha value is -4.46. The summed E-state index contributed by atoms with van der Waals surface area (Å²) >= 11 is 0. The third-order valence-corrected chi connectivity index (χ3v) is 7.40. The Balaban J connectivity index is 1.57. The Morgan fingerprint density at radius 1 is 0.837 bits per heavy atom. The summed E-state index contributed by atoms with van der Waals surface area (Å²) in [5.74, 6) is -4.08. The SMILES string of the molecule is NC1=CC(NC(=O)C2C=CC(C(C3=CCC(C(=O)Nc4cc(N)ccc4O)C=C3)(C(F)(F)F)C(F)(F)F)=CC2)C(O)C=C1. The molecule has 0 saturated carbocycles. The first kappa shape index (κ1) is 31.5. The third-order valence-electron chi connectivity index (χ3n) is 7.40. The molecule has 3 aliphatic carbocycles. The largest absolute Gasteiger partial charge is 0.506 e. The van der Waals surface area contributed by atoms with E-state index >= 15 is 0 Å². The second kappa shape index (κ2) is 11.7. The zero-order valence-electron chi connectivity index (χ0n) is 22.3. The van der Waals surface area contributed by atoms with Crippen molar-refractivity contribution in [3.63, 3.8) is 0 Å². The van der Waals surface area contributed by atoms with Crippen LogP contribution in [0.15, 0.2) is 89.7 Å². The number of hydrogen-bond donors (Lipinski definition) is 6. The second-order valence-electron chi connectivity index (χ2n) is 10.3. The summed E-state index contributed by atoms with van der Waals surface area (Å²) in [6.07, 6.45) is -5.10. The van der Waals surface area contributed by atoms with Gasteiger partial charge in [-0.15, -0.1) is 0 Å². The Bertz CT molecular complexity index is 1460. The topological polar surface area (TPSA) is 151 Å². The van der Waals surface area contributed by atoms with Gasteiger partial charge in [-0.05, 0) is 54.3 Å². The summed E-state index contributed by atoms with van der Waals surface area (Å²) in [7, 11) is 0. The first-order chi connectivity index (χ1) is 20.0. The standard InChI is InChI=1S/C29H28F6N4O4/c30-28(31,32)27(29(33,34)35,17-5-1-15(2-6-17)25(42)38-21-13-19(36)9-11-23(21)40)18-7-3-16(4-8-18)26(43)39-22-14-20(37)10-12-24(22)41/h1,3,5-16,21,23,40-41H,2,4,36-37H2,(H,38,42)(H,39,43). The summed E-state index contributed by atoms with van der Waals surface area (Å²) in [4.78, 5) is 25.4. The highest BCUT2D eigenvalue weighted by molar-refractivity contribution is 5.95. The molecule has 2 amide bonds. The fourth-order valence-corrected chi connectivity index (χ4v) is 5.14. The Kier molecular flexibility index (Phi) is 8.54. The van der Waals surface area contributed by atoms with Gasteiger partial charge in [0.25, 0.3) is 0 Å². The highest BCUT2D eigenvalue weighted by Gasteiger charge is 2.73. The van der Waals surface area contributed by atoms with Gasteiger partial charge in [0.1, 0.15) is 5.75 Å². The van der Waals surface area contributed by atoms with E-state index < -0.39 is 77.6 Å². The molecule has 4 atom stereocenters. The number of carbonyl (C=O) groups excluding carboxylic acids is 2. The first-order valence-corrected chi connectivity index (χ1v) is 13.0. The molecule has 0 heterocycles. The van der Waals surface area contributed by atoms with Crippen LogP contribution in [0.1, 0.15) is 12.8 Å². The molecule has 0 radical (unpaired) electrons. The zero-order valence-corrected chi connectivity index (χ0v) is 22.3. The van der Waals surface area contributed by atoms with Crippen LogP contribution in [0.2, 0.25) is 0 Å². The summed E-state index contributed by atoms with van der Waals surface area (Å²) < 4.78 is 87.5. The van der Waals surface area contributed by atoms with Crippen molar-refractivity contribution < 1.29 is 46.1 Å². The molecule has 230 valence electrons. The number of nitrogens with two attached hydrogens (primary N) is 2. The zero-order chi connectivity index (χ0) is 31.7. The number of allylic oxidation sites excluding steroid dienone is 7. The molecule has 4 unspecified atom stereocenters.